The van der Waals surface area contributed by atoms with Gasteiger partial charge in [0.1, 0.15) is 22.3 Å². The third kappa shape index (κ3) is 3.81. The van der Waals surface area contributed by atoms with E-state index in [9.17, 15) is 0 Å². The maximum atomic E-state index is 6.40. The van der Waals surface area contributed by atoms with Gasteiger partial charge in [0, 0.05) is 32.8 Å². The van der Waals surface area contributed by atoms with E-state index < -0.39 is 0 Å². The van der Waals surface area contributed by atoms with Crippen LogP contribution in [-0.4, -0.2) is 14.5 Å². The molecule has 0 aliphatic heterocycles. The fourth-order valence-electron chi connectivity index (χ4n) is 7.65. The lowest BCUT2D eigenvalue weighted by Gasteiger charge is -2.09. The second kappa shape index (κ2) is 9.89. The van der Waals surface area contributed by atoms with Crippen molar-refractivity contribution in [2.24, 2.45) is 0 Å². The van der Waals surface area contributed by atoms with Gasteiger partial charge in [-0.15, -0.1) is 0 Å². The van der Waals surface area contributed by atoms with Crippen LogP contribution in [0.3, 0.4) is 0 Å². The first kappa shape index (κ1) is 26.4. The van der Waals surface area contributed by atoms with E-state index in [0.717, 1.165) is 77.3 Å². The Kier molecular flexibility index (Phi) is 5.32. The van der Waals surface area contributed by atoms with Crippen LogP contribution in [0.2, 0.25) is 0 Å². The van der Waals surface area contributed by atoms with Crippen molar-refractivity contribution in [3.63, 3.8) is 0 Å². The van der Waals surface area contributed by atoms with Gasteiger partial charge in [0.15, 0.2) is 0 Å². The predicted molar refractivity (Wildman–Crippen MR) is 199 cm³/mol. The van der Waals surface area contributed by atoms with Crippen molar-refractivity contribution in [2.45, 2.75) is 0 Å². The molecular formula is C44H25N3O2. The van der Waals surface area contributed by atoms with Gasteiger partial charge in [-0.25, -0.2) is 9.97 Å². The molecule has 0 unspecified atom stereocenters. The van der Waals surface area contributed by atoms with Crippen molar-refractivity contribution in [1.82, 2.24) is 14.5 Å². The molecule has 4 heterocycles. The maximum absolute atomic E-state index is 6.40. The standard InChI is InChI=1S/C44H25N3O2/c1-2-10-29(11-3-1)47-36-15-7-6-13-31(36)32-20-17-28(24-37(32)47)27-19-21-38-34(23-27)41-33(14-8-16-39(41)48-38)35-25-45-43-42-30-12-5-4-9-26(30)18-22-40(42)49-44(43)46-35/h1-25H. The van der Waals surface area contributed by atoms with Crippen molar-refractivity contribution >= 4 is 76.7 Å². The van der Waals surface area contributed by atoms with E-state index in [1.165, 1.54) is 21.8 Å². The number of nitrogens with zero attached hydrogens (tertiary/aromatic N) is 3. The molecule has 0 saturated carbocycles. The molecule has 228 valence electrons. The first-order valence-electron chi connectivity index (χ1n) is 16.4. The molecule has 0 bridgehead atoms. The Morgan fingerprint density at radius 3 is 2.18 bits per heavy atom. The lowest BCUT2D eigenvalue weighted by Crippen LogP contribution is -1.93. The molecule has 0 atom stereocenters. The lowest BCUT2D eigenvalue weighted by molar-refractivity contribution is 0.653. The number of aromatic nitrogens is 3. The third-order valence-electron chi connectivity index (χ3n) is 9.87. The molecular weight excluding hydrogens is 603 g/mol. The molecule has 7 aromatic carbocycles. The molecule has 5 nitrogen and oxygen atoms in total. The van der Waals surface area contributed by atoms with Gasteiger partial charge < -0.3 is 13.4 Å². The van der Waals surface area contributed by atoms with Crippen molar-refractivity contribution in [3.8, 4) is 28.1 Å². The Labute approximate surface area is 279 Å². The van der Waals surface area contributed by atoms with Crippen LogP contribution in [0.4, 0.5) is 0 Å². The average Bonchev–Trinajstić information content (AvgIpc) is 3.83. The summed E-state index contributed by atoms with van der Waals surface area (Å²) >= 11 is 0. The largest absolute Gasteiger partial charge is 0.456 e. The fraction of sp³-hybridized carbons (Fsp3) is 0. The van der Waals surface area contributed by atoms with Crippen molar-refractivity contribution < 1.29 is 8.83 Å². The van der Waals surface area contributed by atoms with Crippen LogP contribution < -0.4 is 0 Å². The predicted octanol–water partition coefficient (Wildman–Crippen LogP) is 11.9. The Morgan fingerprint density at radius 2 is 1.24 bits per heavy atom. The van der Waals surface area contributed by atoms with Gasteiger partial charge in [0.05, 0.1) is 28.3 Å². The number of furan rings is 2. The highest BCUT2D eigenvalue weighted by Gasteiger charge is 2.19. The second-order valence-corrected chi connectivity index (χ2v) is 12.6. The summed E-state index contributed by atoms with van der Waals surface area (Å²) in [5, 5.41) is 7.76. The van der Waals surface area contributed by atoms with Crippen LogP contribution in [0.5, 0.6) is 0 Å². The Hall–Kier alpha value is -6.72. The topological polar surface area (TPSA) is 57.0 Å². The van der Waals surface area contributed by atoms with E-state index in [1.54, 1.807) is 0 Å². The molecule has 0 amide bonds. The minimum absolute atomic E-state index is 0.524. The Balaban J connectivity index is 1.10. The minimum Gasteiger partial charge on any atom is -0.456 e. The lowest BCUT2D eigenvalue weighted by atomic mass is 9.99. The molecule has 11 rings (SSSR count). The molecule has 11 aromatic rings. The summed E-state index contributed by atoms with van der Waals surface area (Å²) in [7, 11) is 0. The van der Waals surface area contributed by atoms with Gasteiger partial charge in [-0.3, -0.25) is 0 Å². The van der Waals surface area contributed by atoms with Crippen LogP contribution in [0, 0.1) is 0 Å². The van der Waals surface area contributed by atoms with Gasteiger partial charge in [-0.05, 0) is 70.4 Å². The van der Waals surface area contributed by atoms with Gasteiger partial charge >= 0.3 is 0 Å². The number of benzene rings is 7. The van der Waals surface area contributed by atoms with Crippen LogP contribution in [0.15, 0.2) is 161 Å². The van der Waals surface area contributed by atoms with Crippen molar-refractivity contribution in [2.75, 3.05) is 0 Å². The van der Waals surface area contributed by atoms with Crippen LogP contribution >= 0.6 is 0 Å². The average molecular weight is 628 g/mol. The highest BCUT2D eigenvalue weighted by molar-refractivity contribution is 6.18. The van der Waals surface area contributed by atoms with Gasteiger partial charge in [-0.1, -0.05) is 97.1 Å². The van der Waals surface area contributed by atoms with E-state index in [-0.39, 0.29) is 0 Å². The summed E-state index contributed by atoms with van der Waals surface area (Å²) in [4.78, 5) is 9.95. The van der Waals surface area contributed by atoms with E-state index >= 15 is 0 Å². The quantitative estimate of drug-likeness (QED) is 0.196. The Bertz CT molecular complexity index is 3110. The molecule has 0 saturated heterocycles. The highest BCUT2D eigenvalue weighted by Crippen LogP contribution is 2.41. The second-order valence-electron chi connectivity index (χ2n) is 12.6. The summed E-state index contributed by atoms with van der Waals surface area (Å²) in [6.07, 6.45) is 1.85. The molecule has 0 fully saturated rings. The minimum atomic E-state index is 0.524. The zero-order valence-electron chi connectivity index (χ0n) is 26.1. The molecule has 5 heteroatoms. The zero-order chi connectivity index (χ0) is 32.1. The number of hydrogen-bond donors (Lipinski definition) is 0. The van der Waals surface area contributed by atoms with Crippen LogP contribution in [0.1, 0.15) is 0 Å². The van der Waals surface area contributed by atoms with E-state index in [1.807, 2.05) is 36.5 Å². The highest BCUT2D eigenvalue weighted by atomic mass is 16.3. The Morgan fingerprint density at radius 1 is 0.490 bits per heavy atom. The van der Waals surface area contributed by atoms with E-state index in [2.05, 4.69) is 120 Å². The molecule has 0 radical (unpaired) electrons. The van der Waals surface area contributed by atoms with Gasteiger partial charge in [0.25, 0.3) is 0 Å². The number of rotatable bonds is 3. The molecule has 0 spiro atoms. The summed E-state index contributed by atoms with van der Waals surface area (Å²) in [6.45, 7) is 0. The van der Waals surface area contributed by atoms with Crippen molar-refractivity contribution in [3.05, 3.63) is 152 Å². The molecule has 0 aliphatic carbocycles. The van der Waals surface area contributed by atoms with Gasteiger partial charge in [0.2, 0.25) is 5.71 Å². The summed E-state index contributed by atoms with van der Waals surface area (Å²) < 4.78 is 15.0. The summed E-state index contributed by atoms with van der Waals surface area (Å²) in [5.41, 5.74) is 11.2. The molecule has 0 aliphatic rings. The molecule has 0 N–H and O–H groups in total. The normalized spacial score (nSPS) is 12.1. The molecule has 4 aromatic heterocycles. The molecule has 49 heavy (non-hydrogen) atoms. The first-order valence-corrected chi connectivity index (χ1v) is 16.4. The number of fused-ring (bicyclic) bond motifs is 11. The number of hydrogen-bond acceptors (Lipinski definition) is 4. The van der Waals surface area contributed by atoms with Gasteiger partial charge in [-0.2, -0.15) is 0 Å². The van der Waals surface area contributed by atoms with E-state index in [0.29, 0.717) is 5.71 Å². The first-order chi connectivity index (χ1) is 24.3. The maximum Gasteiger partial charge on any atom is 0.246 e. The smallest absolute Gasteiger partial charge is 0.246 e. The number of para-hydroxylation sites is 2. The SMILES string of the molecule is c1ccc(-n2c3ccccc3c3ccc(-c4ccc5oc6cccc(-c7cnc8c(n7)oc7ccc9ccccc9c78)c6c5c4)cc32)cc1. The van der Waals surface area contributed by atoms with Crippen LogP contribution in [-0.2, 0) is 0 Å². The van der Waals surface area contributed by atoms with Crippen molar-refractivity contribution in [1.29, 1.82) is 0 Å². The third-order valence-corrected chi connectivity index (χ3v) is 9.87. The zero-order valence-corrected chi connectivity index (χ0v) is 26.1. The summed E-state index contributed by atoms with van der Waals surface area (Å²) in [5.74, 6) is 0. The summed E-state index contributed by atoms with van der Waals surface area (Å²) in [6, 6.07) is 50.9. The monoisotopic (exact) mass is 627 g/mol. The van der Waals surface area contributed by atoms with Crippen LogP contribution in [0.25, 0.3) is 105 Å². The van der Waals surface area contributed by atoms with E-state index in [4.69, 9.17) is 18.8 Å². The fourth-order valence-corrected chi connectivity index (χ4v) is 7.65.